The van der Waals surface area contributed by atoms with E-state index < -0.39 is 0 Å². The van der Waals surface area contributed by atoms with Crippen LogP contribution >= 0.6 is 0 Å². The molecule has 3 heteroatoms. The van der Waals surface area contributed by atoms with Crippen LogP contribution in [0.25, 0.3) is 0 Å². The minimum Gasteiger partial charge on any atom is -0.335 e. The van der Waals surface area contributed by atoms with Crippen molar-refractivity contribution in [3.05, 3.63) is 48.6 Å². The summed E-state index contributed by atoms with van der Waals surface area (Å²) in [6.45, 7) is 5.95. The quantitative estimate of drug-likeness (QED) is 0.725. The minimum atomic E-state index is -0.175. The van der Waals surface area contributed by atoms with Crippen LogP contribution in [-0.4, -0.2) is 12.6 Å². The molecule has 1 aromatic carbocycles. The number of carbonyl (C=O) groups is 1. The Balaban J connectivity index is 2.45. The molecule has 0 aliphatic rings. The molecule has 0 saturated carbocycles. The van der Waals surface area contributed by atoms with Crippen molar-refractivity contribution in [2.75, 3.05) is 6.54 Å². The smallest absolute Gasteiger partial charge is 0.315 e. The second kappa shape index (κ2) is 5.86. The third kappa shape index (κ3) is 3.85. The maximum absolute atomic E-state index is 11.3. The summed E-state index contributed by atoms with van der Waals surface area (Å²) in [5.41, 5.74) is 1.09. The van der Waals surface area contributed by atoms with Crippen molar-refractivity contribution in [2.24, 2.45) is 0 Å². The van der Waals surface area contributed by atoms with Crippen molar-refractivity contribution < 1.29 is 4.79 Å². The number of carbonyl (C=O) groups excluding carboxylic acids is 1. The number of amides is 2. The van der Waals surface area contributed by atoms with Crippen LogP contribution in [0.2, 0.25) is 0 Å². The van der Waals surface area contributed by atoms with E-state index in [2.05, 4.69) is 17.2 Å². The molecule has 0 saturated heterocycles. The van der Waals surface area contributed by atoms with Crippen LogP contribution in [0.4, 0.5) is 4.79 Å². The molecule has 3 nitrogen and oxygen atoms in total. The summed E-state index contributed by atoms with van der Waals surface area (Å²) in [4.78, 5) is 11.3. The average Bonchev–Trinajstić information content (AvgIpc) is 2.27. The van der Waals surface area contributed by atoms with E-state index in [-0.39, 0.29) is 12.1 Å². The lowest BCUT2D eigenvalue weighted by atomic mass is 10.1. The van der Waals surface area contributed by atoms with E-state index in [1.807, 2.05) is 37.3 Å². The summed E-state index contributed by atoms with van der Waals surface area (Å²) in [6, 6.07) is 9.66. The molecule has 2 amide bonds. The number of hydrogen-bond acceptors (Lipinski definition) is 1. The first-order valence-electron chi connectivity index (χ1n) is 4.94. The Bertz CT molecular complexity index is 322. The Kier molecular flexibility index (Phi) is 4.41. The number of urea groups is 1. The van der Waals surface area contributed by atoms with Crippen molar-refractivity contribution in [3.8, 4) is 0 Å². The van der Waals surface area contributed by atoms with Crippen LogP contribution in [0.5, 0.6) is 0 Å². The molecule has 1 aromatic rings. The summed E-state index contributed by atoms with van der Waals surface area (Å²) in [6.07, 6.45) is 1.65. The van der Waals surface area contributed by atoms with Crippen molar-refractivity contribution in [3.63, 3.8) is 0 Å². The van der Waals surface area contributed by atoms with Gasteiger partial charge in [0.2, 0.25) is 0 Å². The van der Waals surface area contributed by atoms with Crippen LogP contribution in [0.3, 0.4) is 0 Å². The largest absolute Gasteiger partial charge is 0.335 e. The second-order valence-corrected chi connectivity index (χ2v) is 3.28. The van der Waals surface area contributed by atoms with Gasteiger partial charge in [-0.05, 0) is 12.5 Å². The van der Waals surface area contributed by atoms with Crippen molar-refractivity contribution in [1.29, 1.82) is 0 Å². The lowest BCUT2D eigenvalue weighted by Crippen LogP contribution is -2.36. The molecule has 15 heavy (non-hydrogen) atoms. The molecule has 0 bridgehead atoms. The Morgan fingerprint density at radius 1 is 1.47 bits per heavy atom. The molecule has 0 aliphatic carbocycles. The van der Waals surface area contributed by atoms with E-state index in [1.165, 1.54) is 0 Å². The first kappa shape index (κ1) is 11.3. The summed E-state index contributed by atoms with van der Waals surface area (Å²) >= 11 is 0. The first-order valence-corrected chi connectivity index (χ1v) is 4.94. The lowest BCUT2D eigenvalue weighted by molar-refractivity contribution is 0.239. The van der Waals surface area contributed by atoms with Gasteiger partial charge in [0, 0.05) is 6.54 Å². The highest BCUT2D eigenvalue weighted by atomic mass is 16.2. The van der Waals surface area contributed by atoms with Crippen LogP contribution < -0.4 is 10.6 Å². The van der Waals surface area contributed by atoms with Crippen LogP contribution in [-0.2, 0) is 0 Å². The summed E-state index contributed by atoms with van der Waals surface area (Å²) in [7, 11) is 0. The van der Waals surface area contributed by atoms with Gasteiger partial charge >= 0.3 is 6.03 Å². The summed E-state index contributed by atoms with van der Waals surface area (Å²) in [5, 5.41) is 5.50. The Labute approximate surface area is 90.2 Å². The van der Waals surface area contributed by atoms with Gasteiger partial charge in [-0.2, -0.15) is 0 Å². The van der Waals surface area contributed by atoms with E-state index in [0.29, 0.717) is 6.54 Å². The molecule has 80 valence electrons. The van der Waals surface area contributed by atoms with E-state index in [1.54, 1.807) is 6.08 Å². The maximum atomic E-state index is 11.3. The van der Waals surface area contributed by atoms with Gasteiger partial charge in [-0.3, -0.25) is 0 Å². The third-order valence-electron chi connectivity index (χ3n) is 2.05. The SMILES string of the molecule is C=CCNC(=O)NC(C)c1ccccc1. The standard InChI is InChI=1S/C12H16N2O/c1-3-9-13-12(15)14-10(2)11-7-5-4-6-8-11/h3-8,10H,1,9H2,2H3,(H2,13,14,15). The van der Waals surface area contributed by atoms with E-state index in [0.717, 1.165) is 5.56 Å². The van der Waals surface area contributed by atoms with Gasteiger partial charge in [-0.25, -0.2) is 4.79 Å². The molecule has 0 spiro atoms. The molecule has 0 aromatic heterocycles. The Hall–Kier alpha value is -1.77. The Morgan fingerprint density at radius 2 is 2.13 bits per heavy atom. The van der Waals surface area contributed by atoms with Crippen molar-refractivity contribution in [1.82, 2.24) is 10.6 Å². The zero-order valence-electron chi connectivity index (χ0n) is 8.86. The second-order valence-electron chi connectivity index (χ2n) is 3.28. The van der Waals surface area contributed by atoms with E-state index >= 15 is 0 Å². The fourth-order valence-electron chi connectivity index (χ4n) is 1.24. The van der Waals surface area contributed by atoms with Crippen molar-refractivity contribution >= 4 is 6.03 Å². The van der Waals surface area contributed by atoms with Gasteiger partial charge in [0.1, 0.15) is 0 Å². The van der Waals surface area contributed by atoms with E-state index in [9.17, 15) is 4.79 Å². The molecule has 2 N–H and O–H groups in total. The van der Waals surface area contributed by atoms with Crippen molar-refractivity contribution in [2.45, 2.75) is 13.0 Å². The minimum absolute atomic E-state index is 0.0102. The number of rotatable bonds is 4. The zero-order valence-corrected chi connectivity index (χ0v) is 8.86. The van der Waals surface area contributed by atoms with Gasteiger partial charge in [0.05, 0.1) is 6.04 Å². The lowest BCUT2D eigenvalue weighted by Gasteiger charge is -2.14. The van der Waals surface area contributed by atoms with Crippen LogP contribution in [0.1, 0.15) is 18.5 Å². The number of hydrogen-bond donors (Lipinski definition) is 2. The molecular weight excluding hydrogens is 188 g/mol. The molecule has 0 fully saturated rings. The summed E-state index contributed by atoms with van der Waals surface area (Å²) < 4.78 is 0. The highest BCUT2D eigenvalue weighted by Crippen LogP contribution is 2.10. The zero-order chi connectivity index (χ0) is 11.1. The fourth-order valence-corrected chi connectivity index (χ4v) is 1.24. The third-order valence-corrected chi connectivity index (χ3v) is 2.05. The maximum Gasteiger partial charge on any atom is 0.315 e. The highest BCUT2D eigenvalue weighted by molar-refractivity contribution is 5.74. The van der Waals surface area contributed by atoms with Gasteiger partial charge in [0.15, 0.2) is 0 Å². The van der Waals surface area contributed by atoms with Gasteiger partial charge in [-0.15, -0.1) is 6.58 Å². The van der Waals surface area contributed by atoms with Gasteiger partial charge < -0.3 is 10.6 Å². The monoisotopic (exact) mass is 204 g/mol. The molecule has 0 heterocycles. The van der Waals surface area contributed by atoms with Gasteiger partial charge in [0.25, 0.3) is 0 Å². The molecule has 0 aliphatic heterocycles. The fraction of sp³-hybridized carbons (Fsp3) is 0.250. The molecule has 1 unspecified atom stereocenters. The molecule has 1 rings (SSSR count). The van der Waals surface area contributed by atoms with E-state index in [4.69, 9.17) is 0 Å². The summed E-state index contributed by atoms with van der Waals surface area (Å²) in [5.74, 6) is 0. The van der Waals surface area contributed by atoms with Gasteiger partial charge in [-0.1, -0.05) is 36.4 Å². The average molecular weight is 204 g/mol. The molecule has 1 atom stereocenters. The van der Waals surface area contributed by atoms with Crippen LogP contribution in [0.15, 0.2) is 43.0 Å². The number of benzene rings is 1. The predicted octanol–water partition coefficient (Wildman–Crippen LogP) is 2.23. The van der Waals surface area contributed by atoms with Crippen LogP contribution in [0, 0.1) is 0 Å². The Morgan fingerprint density at radius 3 is 2.73 bits per heavy atom. The molecule has 0 radical (unpaired) electrons. The molecular formula is C12H16N2O. The predicted molar refractivity (Wildman–Crippen MR) is 61.6 cm³/mol. The highest BCUT2D eigenvalue weighted by Gasteiger charge is 2.07. The number of nitrogens with one attached hydrogen (secondary N) is 2. The normalized spacial score (nSPS) is 11.5. The first-order chi connectivity index (χ1) is 7.24. The topological polar surface area (TPSA) is 41.1 Å².